The van der Waals surface area contributed by atoms with Crippen LogP contribution in [-0.4, -0.2) is 49.3 Å². The average molecular weight is 276 g/mol. The Kier molecular flexibility index (Phi) is 6.04. The second-order valence-corrected chi connectivity index (χ2v) is 4.09. The van der Waals surface area contributed by atoms with E-state index in [0.717, 1.165) is 6.07 Å². The maximum atomic E-state index is 12.8. The van der Waals surface area contributed by atoms with Crippen LogP contribution in [0.3, 0.4) is 0 Å². The Bertz CT molecular complexity index is 414. The van der Waals surface area contributed by atoms with Crippen molar-refractivity contribution in [3.63, 3.8) is 0 Å². The SMILES string of the molecule is CN(CCOCCO)C(=O)c1ccc(F)cc1Cl. The molecule has 1 aromatic rings. The molecule has 0 atom stereocenters. The minimum absolute atomic E-state index is 0.0541. The number of benzene rings is 1. The van der Waals surface area contributed by atoms with Crippen molar-refractivity contribution in [3.05, 3.63) is 34.6 Å². The van der Waals surface area contributed by atoms with Crippen molar-refractivity contribution in [2.24, 2.45) is 0 Å². The van der Waals surface area contributed by atoms with E-state index in [2.05, 4.69) is 0 Å². The molecule has 0 fully saturated rings. The average Bonchev–Trinajstić information content (AvgIpc) is 2.33. The van der Waals surface area contributed by atoms with Gasteiger partial charge in [0.05, 0.1) is 30.4 Å². The number of aliphatic hydroxyl groups is 1. The summed E-state index contributed by atoms with van der Waals surface area (Å²) in [5, 5.41) is 8.61. The summed E-state index contributed by atoms with van der Waals surface area (Å²) in [4.78, 5) is 13.4. The van der Waals surface area contributed by atoms with Gasteiger partial charge in [-0.05, 0) is 18.2 Å². The van der Waals surface area contributed by atoms with Crippen LogP contribution >= 0.6 is 11.6 Å². The van der Waals surface area contributed by atoms with Crippen LogP contribution in [0.2, 0.25) is 5.02 Å². The molecular formula is C12H15ClFNO3. The van der Waals surface area contributed by atoms with Crippen LogP contribution in [-0.2, 0) is 4.74 Å². The number of rotatable bonds is 6. The number of nitrogens with zero attached hydrogens (tertiary/aromatic N) is 1. The molecule has 0 aliphatic heterocycles. The number of aliphatic hydroxyl groups excluding tert-OH is 1. The maximum Gasteiger partial charge on any atom is 0.255 e. The molecule has 0 saturated heterocycles. The van der Waals surface area contributed by atoms with Gasteiger partial charge in [0.15, 0.2) is 0 Å². The van der Waals surface area contributed by atoms with Gasteiger partial charge >= 0.3 is 0 Å². The van der Waals surface area contributed by atoms with Gasteiger partial charge in [-0.25, -0.2) is 4.39 Å². The Morgan fingerprint density at radius 1 is 1.50 bits per heavy atom. The standard InChI is InChI=1S/C12H15ClFNO3/c1-15(4-6-18-7-5-16)12(17)10-3-2-9(14)8-11(10)13/h2-3,8,16H,4-7H2,1H3. The molecule has 18 heavy (non-hydrogen) atoms. The van der Waals surface area contributed by atoms with Gasteiger partial charge in [-0.2, -0.15) is 0 Å². The van der Waals surface area contributed by atoms with Gasteiger partial charge in [-0.3, -0.25) is 4.79 Å². The lowest BCUT2D eigenvalue weighted by atomic mass is 10.2. The number of likely N-dealkylation sites (N-methyl/N-ethyl adjacent to an activating group) is 1. The summed E-state index contributed by atoms with van der Waals surface area (Å²) >= 11 is 5.80. The normalized spacial score (nSPS) is 10.4. The molecule has 0 unspecified atom stereocenters. The first-order valence-corrected chi connectivity index (χ1v) is 5.83. The van der Waals surface area contributed by atoms with E-state index in [-0.39, 0.29) is 29.7 Å². The smallest absolute Gasteiger partial charge is 0.255 e. The highest BCUT2D eigenvalue weighted by atomic mass is 35.5. The first kappa shape index (κ1) is 14.9. The summed E-state index contributed by atoms with van der Waals surface area (Å²) in [6, 6.07) is 3.64. The molecule has 0 aromatic heterocycles. The van der Waals surface area contributed by atoms with Gasteiger partial charge in [0.2, 0.25) is 0 Å². The van der Waals surface area contributed by atoms with Crippen molar-refractivity contribution in [1.82, 2.24) is 4.90 Å². The molecule has 0 radical (unpaired) electrons. The zero-order valence-corrected chi connectivity index (χ0v) is 10.8. The van der Waals surface area contributed by atoms with Gasteiger partial charge in [0, 0.05) is 13.6 Å². The number of carbonyl (C=O) groups excluding carboxylic acids is 1. The number of halogens is 2. The molecule has 0 aliphatic rings. The van der Waals surface area contributed by atoms with Crippen LogP contribution in [0.4, 0.5) is 4.39 Å². The topological polar surface area (TPSA) is 49.8 Å². The molecule has 1 rings (SSSR count). The van der Waals surface area contributed by atoms with Crippen molar-refractivity contribution in [2.45, 2.75) is 0 Å². The Balaban J connectivity index is 2.57. The summed E-state index contributed by atoms with van der Waals surface area (Å²) < 4.78 is 17.9. The predicted molar refractivity (Wildman–Crippen MR) is 66.3 cm³/mol. The molecular weight excluding hydrogens is 261 g/mol. The van der Waals surface area contributed by atoms with Gasteiger partial charge in [-0.1, -0.05) is 11.6 Å². The highest BCUT2D eigenvalue weighted by Crippen LogP contribution is 2.18. The minimum Gasteiger partial charge on any atom is -0.394 e. The van der Waals surface area contributed by atoms with E-state index in [9.17, 15) is 9.18 Å². The first-order valence-electron chi connectivity index (χ1n) is 5.45. The zero-order valence-electron chi connectivity index (χ0n) is 10.0. The monoisotopic (exact) mass is 275 g/mol. The predicted octanol–water partition coefficient (Wildman–Crippen LogP) is 1.56. The van der Waals surface area contributed by atoms with Gasteiger partial charge in [0.25, 0.3) is 5.91 Å². The van der Waals surface area contributed by atoms with E-state index in [0.29, 0.717) is 13.2 Å². The number of amides is 1. The maximum absolute atomic E-state index is 12.8. The molecule has 0 bridgehead atoms. The second-order valence-electron chi connectivity index (χ2n) is 3.69. The van der Waals surface area contributed by atoms with E-state index in [1.54, 1.807) is 7.05 Å². The molecule has 0 aliphatic carbocycles. The Morgan fingerprint density at radius 2 is 2.22 bits per heavy atom. The molecule has 0 saturated carbocycles. The summed E-state index contributed by atoms with van der Waals surface area (Å²) in [5.41, 5.74) is 0.253. The van der Waals surface area contributed by atoms with E-state index in [4.69, 9.17) is 21.4 Å². The quantitative estimate of drug-likeness (QED) is 0.802. The van der Waals surface area contributed by atoms with Crippen LogP contribution in [0.1, 0.15) is 10.4 Å². The fourth-order valence-corrected chi connectivity index (χ4v) is 1.59. The highest BCUT2D eigenvalue weighted by molar-refractivity contribution is 6.33. The molecule has 4 nitrogen and oxygen atoms in total. The third kappa shape index (κ3) is 4.25. The Labute approximate surface area is 110 Å². The van der Waals surface area contributed by atoms with Crippen LogP contribution in [0.15, 0.2) is 18.2 Å². The largest absolute Gasteiger partial charge is 0.394 e. The lowest BCUT2D eigenvalue weighted by Gasteiger charge is -2.17. The van der Waals surface area contributed by atoms with Crippen LogP contribution < -0.4 is 0 Å². The Hall–Kier alpha value is -1.17. The van der Waals surface area contributed by atoms with Crippen molar-refractivity contribution < 1.29 is 19.0 Å². The van der Waals surface area contributed by atoms with Crippen molar-refractivity contribution in [1.29, 1.82) is 0 Å². The third-order valence-corrected chi connectivity index (χ3v) is 2.63. The van der Waals surface area contributed by atoms with Gasteiger partial charge in [-0.15, -0.1) is 0 Å². The van der Waals surface area contributed by atoms with Crippen LogP contribution in [0.25, 0.3) is 0 Å². The summed E-state index contributed by atoms with van der Waals surface area (Å²) in [6.45, 7) is 0.870. The third-order valence-electron chi connectivity index (χ3n) is 2.31. The summed E-state index contributed by atoms with van der Waals surface area (Å²) in [6.07, 6.45) is 0. The van der Waals surface area contributed by atoms with E-state index < -0.39 is 5.82 Å². The fraction of sp³-hybridized carbons (Fsp3) is 0.417. The molecule has 6 heteroatoms. The zero-order chi connectivity index (χ0) is 13.5. The lowest BCUT2D eigenvalue weighted by molar-refractivity contribution is 0.0618. The Morgan fingerprint density at radius 3 is 2.83 bits per heavy atom. The molecule has 100 valence electrons. The molecule has 1 N–H and O–H groups in total. The van der Waals surface area contributed by atoms with Crippen molar-refractivity contribution in [3.8, 4) is 0 Å². The summed E-state index contributed by atoms with van der Waals surface area (Å²) in [5.74, 6) is -0.780. The first-order chi connectivity index (χ1) is 8.56. The van der Waals surface area contributed by atoms with E-state index in [1.807, 2.05) is 0 Å². The highest BCUT2D eigenvalue weighted by Gasteiger charge is 2.15. The number of hydrogen-bond donors (Lipinski definition) is 1. The number of ether oxygens (including phenoxy) is 1. The molecule has 1 aromatic carbocycles. The minimum atomic E-state index is -0.481. The number of hydrogen-bond acceptors (Lipinski definition) is 3. The summed E-state index contributed by atoms with van der Waals surface area (Å²) in [7, 11) is 1.60. The van der Waals surface area contributed by atoms with E-state index >= 15 is 0 Å². The number of carbonyl (C=O) groups is 1. The van der Waals surface area contributed by atoms with Gasteiger partial charge < -0.3 is 14.7 Å². The van der Waals surface area contributed by atoms with Crippen molar-refractivity contribution >= 4 is 17.5 Å². The van der Waals surface area contributed by atoms with Crippen molar-refractivity contribution in [2.75, 3.05) is 33.4 Å². The molecule has 0 heterocycles. The molecule has 0 spiro atoms. The fourth-order valence-electron chi connectivity index (χ4n) is 1.34. The van der Waals surface area contributed by atoms with Crippen LogP contribution in [0, 0.1) is 5.82 Å². The molecule has 1 amide bonds. The second kappa shape index (κ2) is 7.31. The van der Waals surface area contributed by atoms with Gasteiger partial charge in [0.1, 0.15) is 5.82 Å². The lowest BCUT2D eigenvalue weighted by Crippen LogP contribution is -2.30. The van der Waals surface area contributed by atoms with E-state index in [1.165, 1.54) is 17.0 Å². The van der Waals surface area contributed by atoms with Crippen LogP contribution in [0.5, 0.6) is 0 Å².